The van der Waals surface area contributed by atoms with E-state index in [0.717, 1.165) is 66.9 Å². The number of imidazole rings is 1. The maximum absolute atomic E-state index is 6.58. The molecule has 0 bridgehead atoms. The number of rotatable bonds is 4. The summed E-state index contributed by atoms with van der Waals surface area (Å²) < 4.78 is 11.0. The second-order valence-electron chi connectivity index (χ2n) is 11.5. The Labute approximate surface area is 258 Å². The number of nitrogens with zero attached hydrogens (tertiary/aromatic N) is 5. The predicted octanol–water partition coefficient (Wildman–Crippen LogP) is 9.60. The fourth-order valence-electron chi connectivity index (χ4n) is 6.83. The Balaban J connectivity index is 1.23. The molecule has 9 aromatic rings. The lowest BCUT2D eigenvalue weighted by Crippen LogP contribution is -1.98. The van der Waals surface area contributed by atoms with Crippen molar-refractivity contribution in [3.8, 4) is 28.6 Å². The van der Waals surface area contributed by atoms with E-state index >= 15 is 0 Å². The van der Waals surface area contributed by atoms with Gasteiger partial charge in [-0.1, -0.05) is 42.5 Å². The smallest absolute Gasteiger partial charge is 0.145 e. The van der Waals surface area contributed by atoms with Crippen molar-refractivity contribution in [2.75, 3.05) is 0 Å². The quantitative estimate of drug-likeness (QED) is 0.194. The van der Waals surface area contributed by atoms with Gasteiger partial charge in [0.15, 0.2) is 0 Å². The Morgan fingerprint density at radius 1 is 0.556 bits per heavy atom. The molecule has 4 aromatic carbocycles. The second-order valence-corrected chi connectivity index (χ2v) is 11.5. The minimum atomic E-state index is 0.733. The van der Waals surface area contributed by atoms with Gasteiger partial charge in [-0.3, -0.25) is 14.0 Å². The molecule has 0 aliphatic carbocycles. The number of aryl methyl sites for hydroxylation is 2. The zero-order chi connectivity index (χ0) is 30.1. The molecule has 0 saturated carbocycles. The van der Waals surface area contributed by atoms with Gasteiger partial charge >= 0.3 is 0 Å². The second kappa shape index (κ2) is 9.76. The van der Waals surface area contributed by atoms with Crippen LogP contribution in [-0.2, 0) is 0 Å². The van der Waals surface area contributed by atoms with E-state index < -0.39 is 0 Å². The molecule has 5 aromatic heterocycles. The normalized spacial score (nSPS) is 11.8. The summed E-state index contributed by atoms with van der Waals surface area (Å²) in [6.45, 7) is 4.30. The molecule has 0 aliphatic rings. The number of pyridine rings is 3. The van der Waals surface area contributed by atoms with Gasteiger partial charge in [0.2, 0.25) is 0 Å². The topological polar surface area (TPSA) is 57.2 Å². The molecule has 0 saturated heterocycles. The highest BCUT2D eigenvalue weighted by Gasteiger charge is 2.18. The number of para-hydroxylation sites is 1. The van der Waals surface area contributed by atoms with Gasteiger partial charge in [0.1, 0.15) is 23.0 Å². The van der Waals surface area contributed by atoms with E-state index in [9.17, 15) is 0 Å². The molecule has 214 valence electrons. The number of aromatic nitrogens is 5. The summed E-state index contributed by atoms with van der Waals surface area (Å²) in [5, 5.41) is 4.35. The third-order valence-electron chi connectivity index (χ3n) is 8.77. The minimum absolute atomic E-state index is 0.733. The lowest BCUT2D eigenvalue weighted by molar-refractivity contribution is 0.484. The van der Waals surface area contributed by atoms with Crippen LogP contribution in [0.25, 0.3) is 66.3 Å². The zero-order valence-electron chi connectivity index (χ0n) is 24.8. The summed E-state index contributed by atoms with van der Waals surface area (Å²) in [6, 6.07) is 37.4. The Kier molecular flexibility index (Phi) is 5.53. The van der Waals surface area contributed by atoms with Gasteiger partial charge in [-0.2, -0.15) is 0 Å². The van der Waals surface area contributed by atoms with Gasteiger partial charge in [0.05, 0.1) is 34.0 Å². The molecular formula is C39H27N5O. The fraction of sp³-hybridized carbons (Fsp3) is 0.0513. The molecule has 0 atom stereocenters. The van der Waals surface area contributed by atoms with Gasteiger partial charge in [0, 0.05) is 45.6 Å². The van der Waals surface area contributed by atoms with Crippen molar-refractivity contribution in [1.29, 1.82) is 0 Å². The zero-order valence-corrected chi connectivity index (χ0v) is 24.8. The first kappa shape index (κ1) is 25.5. The highest BCUT2D eigenvalue weighted by atomic mass is 16.5. The average Bonchev–Trinajstić information content (AvgIpc) is 3.65. The first-order valence-electron chi connectivity index (χ1n) is 15.0. The lowest BCUT2D eigenvalue weighted by atomic mass is 10.0. The maximum Gasteiger partial charge on any atom is 0.145 e. The summed E-state index contributed by atoms with van der Waals surface area (Å²) >= 11 is 0. The van der Waals surface area contributed by atoms with Gasteiger partial charge in [0.25, 0.3) is 0 Å². The SMILES string of the molecule is Cc1cccc(C)c1-c1cnc2c3cc(Oc4ccc5c6ccccc6n(-c6ccccn6)c5c4)ccc3c3ncccc3n12. The summed E-state index contributed by atoms with van der Waals surface area (Å²) in [4.78, 5) is 14.5. The lowest BCUT2D eigenvalue weighted by Gasteiger charge is -2.14. The van der Waals surface area contributed by atoms with Crippen LogP contribution < -0.4 is 4.74 Å². The van der Waals surface area contributed by atoms with Crippen molar-refractivity contribution < 1.29 is 4.74 Å². The van der Waals surface area contributed by atoms with E-state index in [1.807, 2.05) is 55.0 Å². The summed E-state index contributed by atoms with van der Waals surface area (Å²) in [5.41, 5.74) is 9.65. The van der Waals surface area contributed by atoms with Crippen molar-refractivity contribution in [3.63, 3.8) is 0 Å². The first-order chi connectivity index (χ1) is 22.2. The van der Waals surface area contributed by atoms with Crippen molar-refractivity contribution in [2.45, 2.75) is 13.8 Å². The summed E-state index contributed by atoms with van der Waals surface area (Å²) in [5.74, 6) is 2.35. The molecule has 0 amide bonds. The monoisotopic (exact) mass is 581 g/mol. The fourth-order valence-corrected chi connectivity index (χ4v) is 6.83. The van der Waals surface area contributed by atoms with Crippen LogP contribution in [0.3, 0.4) is 0 Å². The van der Waals surface area contributed by atoms with Crippen LogP contribution >= 0.6 is 0 Å². The van der Waals surface area contributed by atoms with Crippen molar-refractivity contribution in [2.24, 2.45) is 0 Å². The first-order valence-corrected chi connectivity index (χ1v) is 15.0. The summed E-state index contributed by atoms with van der Waals surface area (Å²) in [7, 11) is 0. The van der Waals surface area contributed by atoms with E-state index in [4.69, 9.17) is 14.7 Å². The maximum atomic E-state index is 6.58. The van der Waals surface area contributed by atoms with Crippen LogP contribution in [0, 0.1) is 13.8 Å². The Morgan fingerprint density at radius 2 is 1.29 bits per heavy atom. The Bertz CT molecular complexity index is 2580. The van der Waals surface area contributed by atoms with E-state index in [1.165, 1.54) is 22.1 Å². The van der Waals surface area contributed by atoms with Gasteiger partial charge in [-0.15, -0.1) is 0 Å². The number of fused-ring (bicyclic) bond motifs is 9. The molecular weight excluding hydrogens is 554 g/mol. The summed E-state index contributed by atoms with van der Waals surface area (Å²) in [6.07, 6.45) is 5.66. The Hall–Kier alpha value is -6.01. The van der Waals surface area contributed by atoms with Gasteiger partial charge in [-0.05, 0) is 85.6 Å². The molecule has 5 heterocycles. The predicted molar refractivity (Wildman–Crippen MR) is 182 cm³/mol. The van der Waals surface area contributed by atoms with E-state index in [0.29, 0.717) is 0 Å². The van der Waals surface area contributed by atoms with Crippen LogP contribution in [0.15, 0.2) is 128 Å². The third-order valence-corrected chi connectivity index (χ3v) is 8.77. The van der Waals surface area contributed by atoms with Crippen molar-refractivity contribution in [3.05, 3.63) is 139 Å². The van der Waals surface area contributed by atoms with E-state index in [-0.39, 0.29) is 0 Å². The molecule has 0 N–H and O–H groups in total. The molecule has 0 fully saturated rings. The van der Waals surface area contributed by atoms with Crippen LogP contribution in [0.4, 0.5) is 0 Å². The van der Waals surface area contributed by atoms with Crippen LogP contribution in [0.1, 0.15) is 11.1 Å². The molecule has 9 rings (SSSR count). The molecule has 0 spiro atoms. The van der Waals surface area contributed by atoms with Crippen LogP contribution in [-0.4, -0.2) is 23.9 Å². The van der Waals surface area contributed by atoms with Crippen molar-refractivity contribution in [1.82, 2.24) is 23.9 Å². The van der Waals surface area contributed by atoms with E-state index in [2.05, 4.69) is 101 Å². The molecule has 6 nitrogen and oxygen atoms in total. The third kappa shape index (κ3) is 3.85. The molecule has 0 unspecified atom stereocenters. The Morgan fingerprint density at radius 3 is 2.13 bits per heavy atom. The number of hydrogen-bond donors (Lipinski definition) is 0. The standard InChI is InChI=1S/C39H27N5O/c1-24-9-7-10-25(2)37(24)35-23-42-39-31-21-26(16-18-30(31)38-33(44(35)39)13-8-20-41-38)45-27-15-17-29-28-11-3-4-12-32(28)43(34(29)22-27)36-14-5-6-19-40-36/h3-23H,1-2H3. The van der Waals surface area contributed by atoms with Gasteiger partial charge in [-0.25, -0.2) is 9.97 Å². The molecule has 0 aliphatic heterocycles. The number of benzene rings is 4. The molecule has 6 heteroatoms. The highest BCUT2D eigenvalue weighted by Crippen LogP contribution is 2.38. The number of ether oxygens (including phenoxy) is 1. The van der Waals surface area contributed by atoms with Crippen molar-refractivity contribution >= 4 is 49.3 Å². The van der Waals surface area contributed by atoms with Crippen LogP contribution in [0.5, 0.6) is 11.5 Å². The largest absolute Gasteiger partial charge is 0.457 e. The highest BCUT2D eigenvalue weighted by molar-refractivity contribution is 6.11. The molecule has 45 heavy (non-hydrogen) atoms. The van der Waals surface area contributed by atoms with E-state index in [1.54, 1.807) is 0 Å². The minimum Gasteiger partial charge on any atom is -0.457 e. The average molecular weight is 582 g/mol. The molecule has 0 radical (unpaired) electrons. The van der Waals surface area contributed by atoms with Gasteiger partial charge < -0.3 is 4.74 Å². The van der Waals surface area contributed by atoms with Crippen LogP contribution in [0.2, 0.25) is 0 Å². The number of hydrogen-bond acceptors (Lipinski definition) is 4.